The summed E-state index contributed by atoms with van der Waals surface area (Å²) in [6, 6.07) is -0.748. The molecule has 0 bridgehead atoms. The van der Waals surface area contributed by atoms with Crippen molar-refractivity contribution in [3.05, 3.63) is 0 Å². The number of amides is 1. The standard InChI is InChI=1S/C11H19NO4/c1-8(14)12-9(6-5-7-13)10(15)16-11(2,3)4/h7,9H,5-6H2,1-4H3,(H,12,14)/t9-/m0/s1. The van der Waals surface area contributed by atoms with E-state index >= 15 is 0 Å². The molecule has 0 fully saturated rings. The van der Waals surface area contributed by atoms with Crippen molar-refractivity contribution >= 4 is 18.2 Å². The fraction of sp³-hybridized carbons (Fsp3) is 0.727. The van der Waals surface area contributed by atoms with E-state index < -0.39 is 17.6 Å². The Hall–Kier alpha value is -1.39. The third-order valence-electron chi connectivity index (χ3n) is 1.64. The average molecular weight is 229 g/mol. The van der Waals surface area contributed by atoms with Gasteiger partial charge in [-0.3, -0.25) is 4.79 Å². The van der Waals surface area contributed by atoms with Crippen LogP contribution in [0.1, 0.15) is 40.5 Å². The minimum Gasteiger partial charge on any atom is -0.458 e. The van der Waals surface area contributed by atoms with Crippen LogP contribution in [0.5, 0.6) is 0 Å². The number of nitrogens with one attached hydrogen (secondary N) is 1. The molecule has 0 heterocycles. The van der Waals surface area contributed by atoms with Crippen LogP contribution in [0.25, 0.3) is 0 Å². The van der Waals surface area contributed by atoms with Crippen molar-refractivity contribution in [1.82, 2.24) is 5.32 Å². The molecule has 0 rings (SSSR count). The summed E-state index contributed by atoms with van der Waals surface area (Å²) in [6.45, 7) is 6.55. The summed E-state index contributed by atoms with van der Waals surface area (Å²) in [5, 5.41) is 2.46. The highest BCUT2D eigenvalue weighted by Crippen LogP contribution is 2.10. The molecule has 0 radical (unpaired) electrons. The monoisotopic (exact) mass is 229 g/mol. The normalized spacial score (nSPS) is 12.8. The van der Waals surface area contributed by atoms with E-state index in [9.17, 15) is 14.4 Å². The van der Waals surface area contributed by atoms with Crippen molar-refractivity contribution in [2.75, 3.05) is 0 Å². The number of rotatable bonds is 5. The molecule has 5 nitrogen and oxygen atoms in total. The molecule has 0 aliphatic rings. The quantitative estimate of drug-likeness (QED) is 0.559. The Kier molecular flexibility index (Phi) is 5.71. The van der Waals surface area contributed by atoms with Gasteiger partial charge in [0, 0.05) is 13.3 Å². The van der Waals surface area contributed by atoms with Gasteiger partial charge in [0.2, 0.25) is 5.91 Å². The van der Waals surface area contributed by atoms with E-state index in [1.165, 1.54) is 6.92 Å². The zero-order chi connectivity index (χ0) is 12.8. The molecule has 0 aromatic carbocycles. The lowest BCUT2D eigenvalue weighted by molar-refractivity contribution is -0.158. The number of aldehydes is 1. The van der Waals surface area contributed by atoms with E-state index in [-0.39, 0.29) is 18.7 Å². The maximum absolute atomic E-state index is 11.6. The van der Waals surface area contributed by atoms with Gasteiger partial charge in [-0.05, 0) is 27.2 Å². The second-order valence-electron chi connectivity index (χ2n) is 4.53. The summed E-state index contributed by atoms with van der Waals surface area (Å²) in [6.07, 6.45) is 1.18. The SMILES string of the molecule is CC(=O)N[C@@H](CCC=O)C(=O)OC(C)(C)C. The van der Waals surface area contributed by atoms with Crippen molar-refractivity contribution in [2.24, 2.45) is 0 Å². The smallest absolute Gasteiger partial charge is 0.329 e. The molecule has 1 amide bonds. The van der Waals surface area contributed by atoms with Crippen LogP contribution in [0.3, 0.4) is 0 Å². The largest absolute Gasteiger partial charge is 0.458 e. The zero-order valence-electron chi connectivity index (χ0n) is 10.2. The Bertz CT molecular complexity index is 268. The van der Waals surface area contributed by atoms with Gasteiger partial charge in [0.25, 0.3) is 0 Å². The molecule has 0 spiro atoms. The highest BCUT2D eigenvalue weighted by Gasteiger charge is 2.25. The molecule has 5 heteroatoms. The number of hydrogen-bond donors (Lipinski definition) is 1. The molecule has 0 aromatic rings. The maximum Gasteiger partial charge on any atom is 0.329 e. The molecular formula is C11H19NO4. The third kappa shape index (κ3) is 6.98. The number of carbonyl (C=O) groups excluding carboxylic acids is 3. The first-order chi connectivity index (χ1) is 7.26. The zero-order valence-corrected chi connectivity index (χ0v) is 10.2. The fourth-order valence-electron chi connectivity index (χ4n) is 1.10. The molecular weight excluding hydrogens is 210 g/mol. The van der Waals surface area contributed by atoms with Gasteiger partial charge in [-0.25, -0.2) is 4.79 Å². The van der Waals surface area contributed by atoms with E-state index in [1.54, 1.807) is 20.8 Å². The van der Waals surface area contributed by atoms with Gasteiger partial charge in [-0.15, -0.1) is 0 Å². The Morgan fingerprint density at radius 1 is 1.38 bits per heavy atom. The average Bonchev–Trinajstić information content (AvgIpc) is 2.08. The second-order valence-corrected chi connectivity index (χ2v) is 4.53. The lowest BCUT2D eigenvalue weighted by atomic mass is 10.1. The van der Waals surface area contributed by atoms with Crippen LogP contribution >= 0.6 is 0 Å². The van der Waals surface area contributed by atoms with Crippen LogP contribution in [-0.4, -0.2) is 29.8 Å². The Balaban J connectivity index is 4.42. The van der Waals surface area contributed by atoms with Crippen LogP contribution in [0.4, 0.5) is 0 Å². The molecule has 0 aliphatic heterocycles. The predicted molar refractivity (Wildman–Crippen MR) is 58.7 cm³/mol. The van der Waals surface area contributed by atoms with Gasteiger partial charge in [-0.2, -0.15) is 0 Å². The molecule has 1 atom stereocenters. The molecule has 0 aromatic heterocycles. The van der Waals surface area contributed by atoms with Crippen molar-refractivity contribution in [3.63, 3.8) is 0 Å². The molecule has 0 saturated heterocycles. The first-order valence-corrected chi connectivity index (χ1v) is 5.20. The summed E-state index contributed by atoms with van der Waals surface area (Å²) in [5.74, 6) is -0.827. The predicted octanol–water partition coefficient (Wildman–Crippen LogP) is 0.812. The van der Waals surface area contributed by atoms with Gasteiger partial charge in [-0.1, -0.05) is 0 Å². The van der Waals surface area contributed by atoms with Gasteiger partial charge in [0.05, 0.1) is 0 Å². The van der Waals surface area contributed by atoms with Crippen molar-refractivity contribution in [2.45, 2.75) is 52.2 Å². The minimum absolute atomic E-state index is 0.212. The highest BCUT2D eigenvalue weighted by molar-refractivity contribution is 5.83. The Morgan fingerprint density at radius 2 is 1.94 bits per heavy atom. The van der Waals surface area contributed by atoms with Gasteiger partial charge < -0.3 is 14.8 Å². The molecule has 0 aliphatic carbocycles. The number of hydrogen-bond acceptors (Lipinski definition) is 4. The Morgan fingerprint density at radius 3 is 2.31 bits per heavy atom. The van der Waals surface area contributed by atoms with Crippen molar-refractivity contribution in [1.29, 1.82) is 0 Å². The molecule has 1 N–H and O–H groups in total. The van der Waals surface area contributed by atoms with Crippen molar-refractivity contribution in [3.8, 4) is 0 Å². The summed E-state index contributed by atoms with van der Waals surface area (Å²) >= 11 is 0. The summed E-state index contributed by atoms with van der Waals surface area (Å²) in [5.41, 5.74) is -0.602. The number of esters is 1. The van der Waals surface area contributed by atoms with Crippen LogP contribution in [-0.2, 0) is 19.1 Å². The molecule has 16 heavy (non-hydrogen) atoms. The molecule has 92 valence electrons. The molecule has 0 unspecified atom stereocenters. The van der Waals surface area contributed by atoms with E-state index in [0.717, 1.165) is 0 Å². The van der Waals surface area contributed by atoms with E-state index in [4.69, 9.17) is 4.74 Å². The summed E-state index contributed by atoms with van der Waals surface area (Å²) in [7, 11) is 0. The lowest BCUT2D eigenvalue weighted by Crippen LogP contribution is -2.43. The topological polar surface area (TPSA) is 72.5 Å². The highest BCUT2D eigenvalue weighted by atomic mass is 16.6. The Labute approximate surface area is 95.5 Å². The van der Waals surface area contributed by atoms with Gasteiger partial charge >= 0.3 is 5.97 Å². The van der Waals surface area contributed by atoms with Crippen molar-refractivity contribution < 1.29 is 19.1 Å². The summed E-state index contributed by atoms with van der Waals surface area (Å²) < 4.78 is 5.13. The number of ether oxygens (including phenoxy) is 1. The van der Waals surface area contributed by atoms with Gasteiger partial charge in [0.1, 0.15) is 17.9 Å². The third-order valence-corrected chi connectivity index (χ3v) is 1.64. The summed E-state index contributed by atoms with van der Waals surface area (Å²) in [4.78, 5) is 32.8. The maximum atomic E-state index is 11.6. The first-order valence-electron chi connectivity index (χ1n) is 5.20. The van der Waals surface area contributed by atoms with Gasteiger partial charge in [0.15, 0.2) is 0 Å². The number of carbonyl (C=O) groups is 3. The minimum atomic E-state index is -0.748. The second kappa shape index (κ2) is 6.25. The van der Waals surface area contributed by atoms with Crippen LogP contribution in [0, 0.1) is 0 Å². The first kappa shape index (κ1) is 14.6. The van der Waals surface area contributed by atoms with E-state index in [2.05, 4.69) is 5.32 Å². The lowest BCUT2D eigenvalue weighted by Gasteiger charge is -2.23. The van der Waals surface area contributed by atoms with Crippen LogP contribution in [0.15, 0.2) is 0 Å². The molecule has 0 saturated carbocycles. The fourth-order valence-corrected chi connectivity index (χ4v) is 1.10. The van der Waals surface area contributed by atoms with E-state index in [0.29, 0.717) is 6.29 Å². The van der Waals surface area contributed by atoms with Crippen LogP contribution < -0.4 is 5.32 Å². The van der Waals surface area contributed by atoms with Crippen LogP contribution in [0.2, 0.25) is 0 Å². The van der Waals surface area contributed by atoms with E-state index in [1.807, 2.05) is 0 Å².